The number of rotatable bonds is 6. The molecule has 0 aromatic carbocycles. The quantitative estimate of drug-likeness (QED) is 0.853. The summed E-state index contributed by atoms with van der Waals surface area (Å²) in [5, 5.41) is 13.2. The van der Waals surface area contributed by atoms with Crippen LogP contribution in [0.25, 0.3) is 0 Å². The highest BCUT2D eigenvalue weighted by atomic mass is 16.5. The molecule has 0 unspecified atom stereocenters. The minimum atomic E-state index is 0.0502. The molecule has 1 aromatic heterocycles. The maximum Gasteiger partial charge on any atom is 0.272 e. The molecule has 1 N–H and O–H groups in total. The first-order chi connectivity index (χ1) is 10.2. The third-order valence-electron chi connectivity index (χ3n) is 3.89. The molecular weight excluding hydrogens is 270 g/mol. The van der Waals surface area contributed by atoms with Crippen LogP contribution in [0, 0.1) is 0 Å². The Morgan fingerprint density at radius 3 is 2.71 bits per heavy atom. The third kappa shape index (κ3) is 3.83. The van der Waals surface area contributed by atoms with E-state index in [2.05, 4.69) is 5.10 Å². The van der Waals surface area contributed by atoms with Gasteiger partial charge in [-0.15, -0.1) is 0 Å². The maximum atomic E-state index is 12.6. The van der Waals surface area contributed by atoms with Crippen molar-refractivity contribution in [1.29, 1.82) is 0 Å². The minimum absolute atomic E-state index is 0.0502. The Labute approximate surface area is 125 Å². The Morgan fingerprint density at radius 2 is 2.14 bits per heavy atom. The topological polar surface area (TPSA) is 67.6 Å². The minimum Gasteiger partial charge on any atom is -0.394 e. The summed E-state index contributed by atoms with van der Waals surface area (Å²) in [5.41, 5.74) is 1.64. The number of carbonyl (C=O) groups is 1. The largest absolute Gasteiger partial charge is 0.394 e. The molecule has 6 nitrogen and oxygen atoms in total. The van der Waals surface area contributed by atoms with E-state index in [-0.39, 0.29) is 18.6 Å². The van der Waals surface area contributed by atoms with Crippen LogP contribution in [0.2, 0.25) is 0 Å². The molecule has 0 atom stereocenters. The standard InChI is InChI=1S/C15H25N3O3/c1-3-12-11-14(18(4-2)16-12)15(20)17-7-5-13(6-8-17)21-10-9-19/h11,13,19H,3-10H2,1-2H3. The molecule has 2 rings (SSSR count). The average molecular weight is 295 g/mol. The fourth-order valence-electron chi connectivity index (χ4n) is 2.66. The zero-order chi connectivity index (χ0) is 15.2. The molecular formula is C15H25N3O3. The number of ether oxygens (including phenoxy) is 1. The molecule has 1 fully saturated rings. The Morgan fingerprint density at radius 1 is 1.43 bits per heavy atom. The van der Waals surface area contributed by atoms with Gasteiger partial charge < -0.3 is 14.7 Å². The van der Waals surface area contributed by atoms with Gasteiger partial charge in [0.1, 0.15) is 5.69 Å². The number of carbonyl (C=O) groups excluding carboxylic acids is 1. The van der Waals surface area contributed by atoms with Gasteiger partial charge in [0.15, 0.2) is 0 Å². The lowest BCUT2D eigenvalue weighted by molar-refractivity contribution is -0.00575. The Bertz CT molecular complexity index is 465. The molecule has 0 saturated carbocycles. The molecule has 0 bridgehead atoms. The summed E-state index contributed by atoms with van der Waals surface area (Å²) < 4.78 is 7.31. The van der Waals surface area contributed by atoms with Crippen LogP contribution in [0.4, 0.5) is 0 Å². The van der Waals surface area contributed by atoms with Crippen molar-refractivity contribution in [3.05, 3.63) is 17.5 Å². The zero-order valence-electron chi connectivity index (χ0n) is 12.9. The van der Waals surface area contributed by atoms with Gasteiger partial charge in [-0.25, -0.2) is 0 Å². The van der Waals surface area contributed by atoms with Gasteiger partial charge in [-0.2, -0.15) is 5.10 Å². The van der Waals surface area contributed by atoms with Gasteiger partial charge in [0, 0.05) is 19.6 Å². The van der Waals surface area contributed by atoms with E-state index in [1.807, 2.05) is 24.8 Å². The number of aliphatic hydroxyl groups excluding tert-OH is 1. The summed E-state index contributed by atoms with van der Waals surface area (Å²) in [6.07, 6.45) is 2.65. The fraction of sp³-hybridized carbons (Fsp3) is 0.733. The number of likely N-dealkylation sites (tertiary alicyclic amines) is 1. The number of nitrogens with zero attached hydrogens (tertiary/aromatic N) is 3. The Balaban J connectivity index is 1.97. The van der Waals surface area contributed by atoms with Crippen molar-refractivity contribution < 1.29 is 14.6 Å². The summed E-state index contributed by atoms with van der Waals surface area (Å²) in [4.78, 5) is 14.5. The Hall–Kier alpha value is -1.40. The lowest BCUT2D eigenvalue weighted by atomic mass is 10.1. The summed E-state index contributed by atoms with van der Waals surface area (Å²) in [6, 6.07) is 1.90. The first kappa shape index (κ1) is 16.0. The lowest BCUT2D eigenvalue weighted by Crippen LogP contribution is -2.41. The van der Waals surface area contributed by atoms with E-state index in [1.54, 1.807) is 4.68 Å². The van der Waals surface area contributed by atoms with Crippen LogP contribution in [0.5, 0.6) is 0 Å². The summed E-state index contributed by atoms with van der Waals surface area (Å²) in [6.45, 7) is 6.57. The second-order valence-corrected chi connectivity index (χ2v) is 5.28. The van der Waals surface area contributed by atoms with Crippen molar-refractivity contribution in [3.8, 4) is 0 Å². The van der Waals surface area contributed by atoms with Crippen molar-refractivity contribution in [2.75, 3.05) is 26.3 Å². The van der Waals surface area contributed by atoms with Gasteiger partial charge in [0.05, 0.1) is 25.0 Å². The van der Waals surface area contributed by atoms with Gasteiger partial charge in [-0.1, -0.05) is 6.92 Å². The SMILES string of the molecule is CCc1cc(C(=O)N2CCC(OCCO)CC2)n(CC)n1. The molecule has 118 valence electrons. The highest BCUT2D eigenvalue weighted by Crippen LogP contribution is 2.17. The summed E-state index contributed by atoms with van der Waals surface area (Å²) in [5.74, 6) is 0.0599. The van der Waals surface area contributed by atoms with Gasteiger partial charge in [0.2, 0.25) is 0 Å². The van der Waals surface area contributed by atoms with E-state index >= 15 is 0 Å². The number of hydrogen-bond acceptors (Lipinski definition) is 4. The van der Waals surface area contributed by atoms with E-state index in [1.165, 1.54) is 0 Å². The van der Waals surface area contributed by atoms with Crippen LogP contribution < -0.4 is 0 Å². The monoisotopic (exact) mass is 295 g/mol. The normalized spacial score (nSPS) is 16.4. The molecule has 1 aliphatic rings. The van der Waals surface area contributed by atoms with Gasteiger partial charge in [-0.3, -0.25) is 9.48 Å². The van der Waals surface area contributed by atoms with Crippen molar-refractivity contribution >= 4 is 5.91 Å². The predicted octanol–water partition coefficient (Wildman–Crippen LogP) is 1.08. The number of piperidine rings is 1. The van der Waals surface area contributed by atoms with Gasteiger partial charge in [0.25, 0.3) is 5.91 Å². The van der Waals surface area contributed by atoms with Crippen LogP contribution in [-0.2, 0) is 17.7 Å². The molecule has 21 heavy (non-hydrogen) atoms. The van der Waals surface area contributed by atoms with Gasteiger partial charge in [-0.05, 0) is 32.3 Å². The molecule has 0 spiro atoms. The van der Waals surface area contributed by atoms with Gasteiger partial charge >= 0.3 is 0 Å². The van der Waals surface area contributed by atoms with Crippen LogP contribution in [0.15, 0.2) is 6.07 Å². The maximum absolute atomic E-state index is 12.6. The molecule has 2 heterocycles. The number of aromatic nitrogens is 2. The van der Waals surface area contributed by atoms with Crippen molar-refractivity contribution in [1.82, 2.24) is 14.7 Å². The van der Waals surface area contributed by atoms with Crippen LogP contribution >= 0.6 is 0 Å². The molecule has 1 amide bonds. The first-order valence-corrected chi connectivity index (χ1v) is 7.78. The van der Waals surface area contributed by atoms with Crippen molar-refractivity contribution in [3.63, 3.8) is 0 Å². The lowest BCUT2D eigenvalue weighted by Gasteiger charge is -2.31. The number of aliphatic hydroxyl groups is 1. The highest BCUT2D eigenvalue weighted by Gasteiger charge is 2.26. The molecule has 1 saturated heterocycles. The van der Waals surface area contributed by atoms with E-state index in [0.29, 0.717) is 31.9 Å². The Kier molecular flexibility index (Phi) is 5.76. The highest BCUT2D eigenvalue weighted by molar-refractivity contribution is 5.92. The average Bonchev–Trinajstić information content (AvgIpc) is 2.96. The fourth-order valence-corrected chi connectivity index (χ4v) is 2.66. The van der Waals surface area contributed by atoms with E-state index in [0.717, 1.165) is 25.0 Å². The zero-order valence-corrected chi connectivity index (χ0v) is 12.9. The van der Waals surface area contributed by atoms with Crippen LogP contribution in [0.1, 0.15) is 42.9 Å². The molecule has 0 radical (unpaired) electrons. The smallest absolute Gasteiger partial charge is 0.272 e. The number of hydrogen-bond donors (Lipinski definition) is 1. The second kappa shape index (κ2) is 7.56. The first-order valence-electron chi connectivity index (χ1n) is 7.78. The summed E-state index contributed by atoms with van der Waals surface area (Å²) in [7, 11) is 0. The number of amides is 1. The van der Waals surface area contributed by atoms with E-state index in [4.69, 9.17) is 9.84 Å². The molecule has 6 heteroatoms. The van der Waals surface area contributed by atoms with E-state index in [9.17, 15) is 4.79 Å². The van der Waals surface area contributed by atoms with Crippen molar-refractivity contribution in [2.45, 2.75) is 45.8 Å². The van der Waals surface area contributed by atoms with Crippen LogP contribution in [-0.4, -0.2) is 58.1 Å². The van der Waals surface area contributed by atoms with Crippen LogP contribution in [0.3, 0.4) is 0 Å². The van der Waals surface area contributed by atoms with Crippen molar-refractivity contribution in [2.24, 2.45) is 0 Å². The number of aryl methyl sites for hydroxylation is 2. The molecule has 1 aliphatic heterocycles. The third-order valence-corrected chi connectivity index (χ3v) is 3.89. The van der Waals surface area contributed by atoms with E-state index < -0.39 is 0 Å². The predicted molar refractivity (Wildman–Crippen MR) is 79.2 cm³/mol. The second-order valence-electron chi connectivity index (χ2n) is 5.28. The summed E-state index contributed by atoms with van der Waals surface area (Å²) >= 11 is 0. The molecule has 1 aromatic rings. The molecule has 0 aliphatic carbocycles.